The molecule has 0 saturated carbocycles. The number of hydrogen-bond donors (Lipinski definition) is 2. The summed E-state index contributed by atoms with van der Waals surface area (Å²) in [5, 5.41) is 2.72. The minimum atomic E-state index is -0.280. The lowest BCUT2D eigenvalue weighted by Crippen LogP contribution is -2.20. The van der Waals surface area contributed by atoms with Crippen LogP contribution in [-0.4, -0.2) is 18.3 Å². The summed E-state index contributed by atoms with van der Waals surface area (Å²) in [7, 11) is 0. The van der Waals surface area contributed by atoms with Gasteiger partial charge in [0, 0.05) is 17.2 Å². The van der Waals surface area contributed by atoms with Crippen LogP contribution in [0, 0.1) is 5.92 Å². The van der Waals surface area contributed by atoms with Crippen LogP contribution in [0.25, 0.3) is 0 Å². The average molecular weight is 312 g/mol. The van der Waals surface area contributed by atoms with Gasteiger partial charge in [-0.3, -0.25) is 9.59 Å². The van der Waals surface area contributed by atoms with Crippen molar-refractivity contribution in [3.8, 4) is 5.75 Å². The molecule has 5 nitrogen and oxygen atoms in total. The minimum Gasteiger partial charge on any atom is -0.482 e. The minimum absolute atomic E-state index is 0.0186. The van der Waals surface area contributed by atoms with E-state index in [1.165, 1.54) is 0 Å². The fraction of sp³-hybridized carbons (Fsp3) is 0.222. The smallest absolute Gasteiger partial charge is 0.262 e. The van der Waals surface area contributed by atoms with Crippen LogP contribution in [0.3, 0.4) is 0 Å². The van der Waals surface area contributed by atoms with Gasteiger partial charge in [0.15, 0.2) is 12.4 Å². The molecule has 0 fully saturated rings. The van der Waals surface area contributed by atoms with Gasteiger partial charge in [0.25, 0.3) is 5.91 Å². The maximum atomic E-state index is 11.9. The number of nitrogens with two attached hydrogens (primary N) is 1. The first-order chi connectivity index (χ1) is 11.0. The van der Waals surface area contributed by atoms with Crippen LogP contribution < -0.4 is 15.8 Å². The number of nitrogens with one attached hydrogen (secondary N) is 1. The second-order valence-electron chi connectivity index (χ2n) is 5.47. The lowest BCUT2D eigenvalue weighted by Gasteiger charge is -2.11. The third kappa shape index (κ3) is 4.57. The monoisotopic (exact) mass is 312 g/mol. The average Bonchev–Trinajstić information content (AvgIpc) is 2.53. The second kappa shape index (κ2) is 7.45. The molecule has 1 amide bonds. The third-order valence-corrected chi connectivity index (χ3v) is 3.23. The topological polar surface area (TPSA) is 81.4 Å². The first-order valence-corrected chi connectivity index (χ1v) is 7.39. The summed E-state index contributed by atoms with van der Waals surface area (Å²) in [5.41, 5.74) is 7.47. The molecule has 2 aromatic carbocycles. The van der Waals surface area contributed by atoms with Crippen LogP contribution in [-0.2, 0) is 4.79 Å². The van der Waals surface area contributed by atoms with E-state index >= 15 is 0 Å². The van der Waals surface area contributed by atoms with Crippen LogP contribution in [0.5, 0.6) is 5.75 Å². The molecule has 0 aliphatic carbocycles. The van der Waals surface area contributed by atoms with Crippen LogP contribution in [0.2, 0.25) is 0 Å². The molecule has 23 heavy (non-hydrogen) atoms. The van der Waals surface area contributed by atoms with E-state index in [0.29, 0.717) is 22.7 Å². The number of amides is 1. The number of anilines is 2. The fourth-order valence-electron chi connectivity index (χ4n) is 2.03. The van der Waals surface area contributed by atoms with Crippen molar-refractivity contribution in [3.05, 3.63) is 54.1 Å². The largest absolute Gasteiger partial charge is 0.482 e. The predicted octanol–water partition coefficient (Wildman–Crippen LogP) is 3.13. The molecular weight excluding hydrogens is 292 g/mol. The molecule has 0 heterocycles. The van der Waals surface area contributed by atoms with Crippen LogP contribution >= 0.6 is 0 Å². The zero-order valence-corrected chi connectivity index (χ0v) is 13.2. The Balaban J connectivity index is 1.95. The third-order valence-electron chi connectivity index (χ3n) is 3.23. The Labute approximate surface area is 135 Å². The highest BCUT2D eigenvalue weighted by Crippen LogP contribution is 2.24. The molecule has 0 atom stereocenters. The highest BCUT2D eigenvalue weighted by Gasteiger charge is 2.13. The summed E-state index contributed by atoms with van der Waals surface area (Å²) in [4.78, 5) is 23.7. The van der Waals surface area contributed by atoms with E-state index < -0.39 is 0 Å². The van der Waals surface area contributed by atoms with Crippen molar-refractivity contribution in [1.29, 1.82) is 0 Å². The van der Waals surface area contributed by atoms with Crippen molar-refractivity contribution in [3.63, 3.8) is 0 Å². The lowest BCUT2D eigenvalue weighted by molar-refractivity contribution is -0.118. The highest BCUT2D eigenvalue weighted by molar-refractivity contribution is 5.98. The molecule has 0 unspecified atom stereocenters. The van der Waals surface area contributed by atoms with E-state index in [9.17, 15) is 9.59 Å². The molecule has 2 rings (SSSR count). The van der Waals surface area contributed by atoms with E-state index in [-0.39, 0.29) is 24.2 Å². The molecule has 0 saturated heterocycles. The Hall–Kier alpha value is -2.82. The first kappa shape index (κ1) is 16.5. The maximum Gasteiger partial charge on any atom is 0.262 e. The predicted molar refractivity (Wildman–Crippen MR) is 90.6 cm³/mol. The maximum absolute atomic E-state index is 11.9. The van der Waals surface area contributed by atoms with E-state index in [1.54, 1.807) is 30.3 Å². The summed E-state index contributed by atoms with van der Waals surface area (Å²) in [6, 6.07) is 14.0. The number of Topliss-reactive ketones (excluding diaryl/α,β-unsaturated/α-hetero) is 1. The number of carbonyl (C=O) groups excluding carboxylic acids is 2. The summed E-state index contributed by atoms with van der Waals surface area (Å²) < 4.78 is 5.42. The van der Waals surface area contributed by atoms with Crippen molar-refractivity contribution in [2.75, 3.05) is 17.7 Å². The zero-order valence-electron chi connectivity index (χ0n) is 13.2. The number of rotatable bonds is 6. The van der Waals surface area contributed by atoms with Gasteiger partial charge in [-0.15, -0.1) is 0 Å². The van der Waals surface area contributed by atoms with Crippen molar-refractivity contribution in [2.45, 2.75) is 13.8 Å². The highest BCUT2D eigenvalue weighted by atomic mass is 16.5. The van der Waals surface area contributed by atoms with Crippen LogP contribution in [0.4, 0.5) is 11.4 Å². The van der Waals surface area contributed by atoms with Gasteiger partial charge < -0.3 is 15.8 Å². The van der Waals surface area contributed by atoms with E-state index in [2.05, 4.69) is 5.32 Å². The number of para-hydroxylation sites is 1. The Morgan fingerprint density at radius 1 is 1.13 bits per heavy atom. The number of ether oxygens (including phenoxy) is 1. The van der Waals surface area contributed by atoms with Gasteiger partial charge in [-0.1, -0.05) is 32.0 Å². The van der Waals surface area contributed by atoms with Crippen molar-refractivity contribution >= 4 is 23.1 Å². The van der Waals surface area contributed by atoms with Gasteiger partial charge in [-0.25, -0.2) is 0 Å². The molecule has 3 N–H and O–H groups in total. The number of ketones is 1. The molecule has 0 spiro atoms. The van der Waals surface area contributed by atoms with Crippen LogP contribution in [0.1, 0.15) is 24.2 Å². The van der Waals surface area contributed by atoms with Gasteiger partial charge in [0.2, 0.25) is 0 Å². The number of hydrogen-bond acceptors (Lipinski definition) is 4. The molecule has 0 bridgehead atoms. The molecule has 0 radical (unpaired) electrons. The summed E-state index contributed by atoms with van der Waals surface area (Å²) in [6.07, 6.45) is 0. The lowest BCUT2D eigenvalue weighted by atomic mass is 10.0. The molecule has 0 aliphatic rings. The molecular formula is C18H20N2O3. The van der Waals surface area contributed by atoms with Crippen molar-refractivity contribution in [2.24, 2.45) is 5.92 Å². The van der Waals surface area contributed by atoms with Gasteiger partial charge in [-0.05, 0) is 30.3 Å². The van der Waals surface area contributed by atoms with Gasteiger partial charge >= 0.3 is 0 Å². The Bertz CT molecular complexity index is 697. The normalized spacial score (nSPS) is 10.4. The van der Waals surface area contributed by atoms with Gasteiger partial charge in [-0.2, -0.15) is 0 Å². The van der Waals surface area contributed by atoms with Crippen molar-refractivity contribution < 1.29 is 14.3 Å². The molecule has 120 valence electrons. The fourth-order valence-corrected chi connectivity index (χ4v) is 2.03. The number of benzene rings is 2. The van der Waals surface area contributed by atoms with E-state index in [1.807, 2.05) is 32.0 Å². The Morgan fingerprint density at radius 3 is 2.43 bits per heavy atom. The second-order valence-corrected chi connectivity index (χ2v) is 5.47. The Morgan fingerprint density at radius 2 is 1.83 bits per heavy atom. The van der Waals surface area contributed by atoms with Crippen LogP contribution in [0.15, 0.2) is 48.5 Å². The number of nitrogen functional groups attached to an aromatic ring is 1. The van der Waals surface area contributed by atoms with Crippen molar-refractivity contribution in [1.82, 2.24) is 0 Å². The first-order valence-electron chi connectivity index (χ1n) is 7.39. The summed E-state index contributed by atoms with van der Waals surface area (Å²) in [5.74, 6) is 0.0225. The number of carbonyl (C=O) groups is 2. The zero-order chi connectivity index (χ0) is 16.8. The summed E-state index contributed by atoms with van der Waals surface area (Å²) >= 11 is 0. The van der Waals surface area contributed by atoms with E-state index in [0.717, 1.165) is 0 Å². The Kier molecular flexibility index (Phi) is 5.36. The molecule has 0 aromatic heterocycles. The van der Waals surface area contributed by atoms with Gasteiger partial charge in [0.05, 0.1) is 5.69 Å². The molecule has 5 heteroatoms. The summed E-state index contributed by atoms with van der Waals surface area (Å²) in [6.45, 7) is 3.50. The quantitative estimate of drug-likeness (QED) is 0.634. The van der Waals surface area contributed by atoms with Gasteiger partial charge in [0.1, 0.15) is 5.75 Å². The molecule has 2 aromatic rings. The van der Waals surface area contributed by atoms with E-state index in [4.69, 9.17) is 10.5 Å². The SMILES string of the molecule is CC(C)C(=O)c1ccc(OCC(=O)Nc2ccccc2)c(N)c1. The molecule has 0 aliphatic heterocycles. The standard InChI is InChI=1S/C18H20N2O3/c1-12(2)18(22)13-8-9-16(15(19)10-13)23-11-17(21)20-14-6-4-3-5-7-14/h3-10,12H,11,19H2,1-2H3,(H,20,21).